The molecule has 0 N–H and O–H groups in total. The van der Waals surface area contributed by atoms with Gasteiger partial charge in [0.25, 0.3) is 5.89 Å². The van der Waals surface area contributed by atoms with E-state index in [1.165, 1.54) is 12.1 Å². The van der Waals surface area contributed by atoms with Gasteiger partial charge >= 0.3 is 6.18 Å². The van der Waals surface area contributed by atoms with Crippen LogP contribution in [0, 0.1) is 0 Å². The predicted octanol–water partition coefficient (Wildman–Crippen LogP) is 4.29. The van der Waals surface area contributed by atoms with E-state index >= 15 is 0 Å². The van der Waals surface area contributed by atoms with Crippen LogP contribution in [0.1, 0.15) is 22.9 Å². The van der Waals surface area contributed by atoms with Crippen molar-refractivity contribution in [1.29, 1.82) is 0 Å². The normalized spacial score (nSPS) is 16.1. The standard InChI is InChI=1S/C21H16F3N5O3/c1-30-15-7-3-4-12(9-15)17-10-29-16(11-31-17)18(26-28-29)20-25-19(27-32-20)13-5-2-6-14(8-13)21(22,23)24/h2-9,17H,10-11H2,1H3. The summed E-state index contributed by atoms with van der Waals surface area (Å²) in [5.74, 6) is 0.810. The first kappa shape index (κ1) is 20.2. The molecule has 0 radical (unpaired) electrons. The Labute approximate surface area is 179 Å². The first-order valence-electron chi connectivity index (χ1n) is 9.62. The highest BCUT2D eigenvalue weighted by Gasteiger charge is 2.31. The maximum Gasteiger partial charge on any atom is 0.416 e. The lowest BCUT2D eigenvalue weighted by atomic mass is 10.1. The van der Waals surface area contributed by atoms with Crippen molar-refractivity contribution in [3.05, 3.63) is 65.4 Å². The second kappa shape index (κ2) is 7.75. The van der Waals surface area contributed by atoms with Crippen molar-refractivity contribution in [2.75, 3.05) is 7.11 Å². The highest BCUT2D eigenvalue weighted by Crippen LogP contribution is 2.34. The highest BCUT2D eigenvalue weighted by atomic mass is 19.4. The largest absolute Gasteiger partial charge is 0.497 e. The van der Waals surface area contributed by atoms with Crippen LogP contribution in [-0.4, -0.2) is 32.2 Å². The van der Waals surface area contributed by atoms with E-state index in [0.717, 1.165) is 23.4 Å². The maximum atomic E-state index is 13.0. The zero-order valence-corrected chi connectivity index (χ0v) is 16.7. The molecule has 0 aliphatic carbocycles. The van der Waals surface area contributed by atoms with Crippen molar-refractivity contribution in [3.8, 4) is 28.7 Å². The van der Waals surface area contributed by atoms with Gasteiger partial charge in [-0.25, -0.2) is 4.68 Å². The van der Waals surface area contributed by atoms with Crippen molar-refractivity contribution in [2.24, 2.45) is 0 Å². The van der Waals surface area contributed by atoms with Crippen LogP contribution in [0.3, 0.4) is 0 Å². The maximum absolute atomic E-state index is 13.0. The van der Waals surface area contributed by atoms with E-state index in [-0.39, 0.29) is 30.0 Å². The number of fused-ring (bicyclic) bond motifs is 1. The van der Waals surface area contributed by atoms with Crippen molar-refractivity contribution in [3.63, 3.8) is 0 Å². The Kier molecular flexibility index (Phi) is 4.89. The summed E-state index contributed by atoms with van der Waals surface area (Å²) in [6.07, 6.45) is -4.71. The van der Waals surface area contributed by atoms with Crippen LogP contribution in [0.4, 0.5) is 13.2 Å². The fraction of sp³-hybridized carbons (Fsp3) is 0.238. The summed E-state index contributed by atoms with van der Waals surface area (Å²) in [5, 5.41) is 12.1. The summed E-state index contributed by atoms with van der Waals surface area (Å²) in [4.78, 5) is 4.22. The van der Waals surface area contributed by atoms with Crippen molar-refractivity contribution < 1.29 is 27.2 Å². The van der Waals surface area contributed by atoms with E-state index in [0.29, 0.717) is 17.9 Å². The van der Waals surface area contributed by atoms with Gasteiger partial charge in [-0.15, -0.1) is 5.10 Å². The number of nitrogens with zero attached hydrogens (tertiary/aromatic N) is 5. The fourth-order valence-electron chi connectivity index (χ4n) is 3.49. The van der Waals surface area contributed by atoms with Gasteiger partial charge in [0.2, 0.25) is 5.82 Å². The first-order valence-corrected chi connectivity index (χ1v) is 9.62. The van der Waals surface area contributed by atoms with E-state index in [9.17, 15) is 13.2 Å². The molecule has 8 nitrogen and oxygen atoms in total. The predicted molar refractivity (Wildman–Crippen MR) is 104 cm³/mol. The molecule has 1 aliphatic rings. The molecule has 0 bridgehead atoms. The molecule has 0 spiro atoms. The van der Waals surface area contributed by atoms with E-state index in [1.54, 1.807) is 11.8 Å². The summed E-state index contributed by atoms with van der Waals surface area (Å²) >= 11 is 0. The number of rotatable bonds is 4. The van der Waals surface area contributed by atoms with Crippen molar-refractivity contribution >= 4 is 0 Å². The van der Waals surface area contributed by atoms with Gasteiger partial charge in [0.15, 0.2) is 5.69 Å². The molecule has 2 aromatic heterocycles. The number of methoxy groups -OCH3 is 1. The molecule has 11 heteroatoms. The van der Waals surface area contributed by atoms with Crippen LogP contribution in [0.25, 0.3) is 23.0 Å². The summed E-state index contributed by atoms with van der Waals surface area (Å²) in [6.45, 7) is 0.621. The number of aromatic nitrogens is 5. The zero-order valence-electron chi connectivity index (χ0n) is 16.7. The quantitative estimate of drug-likeness (QED) is 0.465. The third-order valence-electron chi connectivity index (χ3n) is 5.14. The Balaban J connectivity index is 1.40. The van der Waals surface area contributed by atoms with E-state index in [4.69, 9.17) is 14.0 Å². The lowest BCUT2D eigenvalue weighted by Gasteiger charge is -2.24. The second-order valence-electron chi connectivity index (χ2n) is 7.14. The minimum absolute atomic E-state index is 0.0267. The minimum atomic E-state index is -4.47. The third kappa shape index (κ3) is 3.71. The second-order valence-corrected chi connectivity index (χ2v) is 7.14. The van der Waals surface area contributed by atoms with Crippen molar-refractivity contribution in [2.45, 2.75) is 25.4 Å². The molecule has 0 fully saturated rings. The highest BCUT2D eigenvalue weighted by molar-refractivity contribution is 5.59. The minimum Gasteiger partial charge on any atom is -0.497 e. The lowest BCUT2D eigenvalue weighted by molar-refractivity contribution is -0.137. The van der Waals surface area contributed by atoms with Crippen LogP contribution in [0.5, 0.6) is 5.75 Å². The number of alkyl halides is 3. The lowest BCUT2D eigenvalue weighted by Crippen LogP contribution is -2.22. The van der Waals surface area contributed by atoms with E-state index in [1.807, 2.05) is 24.3 Å². The molecule has 2 aromatic carbocycles. The van der Waals surface area contributed by atoms with Gasteiger partial charge in [0.05, 0.1) is 31.5 Å². The molecule has 1 aliphatic heterocycles. The smallest absolute Gasteiger partial charge is 0.416 e. The van der Waals surface area contributed by atoms with Gasteiger partial charge in [0, 0.05) is 5.56 Å². The molecule has 4 aromatic rings. The molecule has 5 rings (SSSR count). The molecule has 164 valence electrons. The summed E-state index contributed by atoms with van der Waals surface area (Å²) in [7, 11) is 1.60. The SMILES string of the molecule is COc1cccc(C2Cn3nnc(-c4nc(-c5cccc(C(F)(F)F)c5)no4)c3CO2)c1. The average molecular weight is 443 g/mol. The van der Waals surface area contributed by atoms with Crippen LogP contribution in [-0.2, 0) is 24.1 Å². The summed E-state index contributed by atoms with van der Waals surface area (Å²) in [6, 6.07) is 12.3. The molecule has 1 unspecified atom stereocenters. The van der Waals surface area contributed by atoms with Gasteiger partial charge in [-0.2, -0.15) is 18.2 Å². The van der Waals surface area contributed by atoms with Crippen LogP contribution >= 0.6 is 0 Å². The zero-order chi connectivity index (χ0) is 22.3. The molecule has 3 heterocycles. The Morgan fingerprint density at radius 1 is 1.12 bits per heavy atom. The van der Waals surface area contributed by atoms with Gasteiger partial charge in [-0.1, -0.05) is 34.6 Å². The average Bonchev–Trinajstić information content (AvgIpc) is 3.45. The topological polar surface area (TPSA) is 88.1 Å². The third-order valence-corrected chi connectivity index (χ3v) is 5.14. The molecule has 0 amide bonds. The summed E-state index contributed by atoms with van der Waals surface area (Å²) < 4.78 is 57.2. The number of ether oxygens (including phenoxy) is 2. The van der Waals surface area contributed by atoms with Gasteiger partial charge < -0.3 is 14.0 Å². The number of hydrogen-bond acceptors (Lipinski definition) is 7. The van der Waals surface area contributed by atoms with Crippen molar-refractivity contribution in [1.82, 2.24) is 25.1 Å². The molecule has 1 atom stereocenters. The Bertz CT molecular complexity index is 1270. The number of halogens is 3. The molecule has 0 saturated carbocycles. The number of benzene rings is 2. The number of hydrogen-bond donors (Lipinski definition) is 0. The van der Waals surface area contributed by atoms with E-state index in [2.05, 4.69) is 20.5 Å². The van der Waals surface area contributed by atoms with Crippen LogP contribution in [0.15, 0.2) is 53.1 Å². The first-order chi connectivity index (χ1) is 15.4. The van der Waals surface area contributed by atoms with Crippen LogP contribution < -0.4 is 4.74 Å². The summed E-state index contributed by atoms with van der Waals surface area (Å²) in [5.41, 5.74) is 1.31. The fourth-order valence-corrected chi connectivity index (χ4v) is 3.49. The molecular weight excluding hydrogens is 427 g/mol. The van der Waals surface area contributed by atoms with Gasteiger partial charge in [-0.05, 0) is 29.8 Å². The molecule has 0 saturated heterocycles. The molecule has 32 heavy (non-hydrogen) atoms. The van der Waals surface area contributed by atoms with Crippen LogP contribution in [0.2, 0.25) is 0 Å². The Hall–Kier alpha value is -3.73. The Morgan fingerprint density at radius 3 is 2.78 bits per heavy atom. The molecular formula is C21H16F3N5O3. The van der Waals surface area contributed by atoms with E-state index < -0.39 is 11.7 Å². The van der Waals surface area contributed by atoms with Gasteiger partial charge in [0.1, 0.15) is 11.9 Å². The van der Waals surface area contributed by atoms with Gasteiger partial charge in [-0.3, -0.25) is 0 Å². The monoisotopic (exact) mass is 443 g/mol. The Morgan fingerprint density at radius 2 is 1.97 bits per heavy atom.